The lowest BCUT2D eigenvalue weighted by molar-refractivity contribution is -0.121. The average molecular weight is 688 g/mol. The number of anilines is 4. The zero-order valence-corrected chi connectivity index (χ0v) is 29.7. The number of nitrogens with zero attached hydrogens (tertiary/aromatic N) is 5. The molecule has 260 valence electrons. The summed E-state index contributed by atoms with van der Waals surface area (Å²) in [6.45, 7) is 10.5. The van der Waals surface area contributed by atoms with E-state index in [0.29, 0.717) is 34.7 Å². The monoisotopic (exact) mass is 687 g/mol. The number of aliphatic hydroxyl groups is 1. The van der Waals surface area contributed by atoms with Crippen LogP contribution in [0.5, 0.6) is 0 Å². The number of aliphatic hydroxyl groups excluding tert-OH is 1. The van der Waals surface area contributed by atoms with Crippen molar-refractivity contribution in [1.29, 1.82) is 0 Å². The van der Waals surface area contributed by atoms with Gasteiger partial charge in [-0.2, -0.15) is 4.98 Å². The number of halogens is 2. The highest BCUT2D eigenvalue weighted by Crippen LogP contribution is 2.46. The minimum Gasteiger partial charge on any atom is -0.370 e. The third-order valence-electron chi connectivity index (χ3n) is 11.3. The van der Waals surface area contributed by atoms with E-state index in [1.165, 1.54) is 43.2 Å². The first-order valence-corrected chi connectivity index (χ1v) is 18.0. The van der Waals surface area contributed by atoms with Gasteiger partial charge in [0.25, 0.3) is 0 Å². The first kappa shape index (κ1) is 33.8. The van der Waals surface area contributed by atoms with E-state index in [1.54, 1.807) is 18.3 Å². The van der Waals surface area contributed by atoms with Crippen LogP contribution in [0.4, 0.5) is 27.5 Å². The van der Waals surface area contributed by atoms with Crippen LogP contribution in [-0.2, 0) is 4.79 Å². The van der Waals surface area contributed by atoms with E-state index in [9.17, 15) is 14.3 Å². The third kappa shape index (κ3) is 6.51. The highest BCUT2D eigenvalue weighted by atomic mass is 35.5. The van der Waals surface area contributed by atoms with Gasteiger partial charge in [-0.25, -0.2) is 9.37 Å². The molecule has 2 saturated heterocycles. The van der Waals surface area contributed by atoms with Crippen molar-refractivity contribution < 1.29 is 14.3 Å². The Morgan fingerprint density at radius 1 is 1.08 bits per heavy atom. The number of fused-ring (bicyclic) bond motifs is 1. The van der Waals surface area contributed by atoms with Gasteiger partial charge in [-0.05, 0) is 108 Å². The Bertz CT molecular complexity index is 1760. The third-order valence-corrected chi connectivity index (χ3v) is 11.6. The maximum atomic E-state index is 14.7. The summed E-state index contributed by atoms with van der Waals surface area (Å²) in [5, 5.41) is 18.6. The number of amides is 1. The highest BCUT2D eigenvalue weighted by Gasteiger charge is 2.45. The second-order valence-corrected chi connectivity index (χ2v) is 14.9. The van der Waals surface area contributed by atoms with Crippen LogP contribution < -0.4 is 20.4 Å². The Balaban J connectivity index is 1.16. The number of carbonyl (C=O) groups excluding carboxylic acids is 1. The summed E-state index contributed by atoms with van der Waals surface area (Å²) >= 11 is 6.49. The van der Waals surface area contributed by atoms with E-state index in [-0.39, 0.29) is 23.0 Å². The fourth-order valence-electron chi connectivity index (χ4n) is 8.30. The minimum absolute atomic E-state index is 0.0250. The maximum Gasteiger partial charge on any atom is 0.229 e. The average Bonchev–Trinajstić information content (AvgIpc) is 3.07. The molecule has 1 spiro atoms. The molecule has 11 heteroatoms. The molecule has 0 bridgehead atoms. The van der Waals surface area contributed by atoms with Crippen LogP contribution in [0.1, 0.15) is 75.5 Å². The molecule has 3 aliphatic heterocycles. The first-order chi connectivity index (χ1) is 23.6. The molecule has 1 amide bonds. The van der Waals surface area contributed by atoms with E-state index >= 15 is 0 Å². The van der Waals surface area contributed by atoms with Crippen molar-refractivity contribution in [3.63, 3.8) is 0 Å². The SMILES string of the molecule is CCC(=O)N[C@H]1CC[C@@H](N2c3nc(Nc4ccc(N5CC6(CCN(C)CC6)C5)c(C)c4)ncc3C(C)=C(c3cccc(F)c3Cl)C2O)CC1. The molecule has 1 aromatic heterocycles. The summed E-state index contributed by atoms with van der Waals surface area (Å²) in [7, 11) is 2.21. The molecule has 0 radical (unpaired) electrons. The number of piperidine rings is 1. The molecular weight excluding hydrogens is 641 g/mol. The number of hydrogen-bond donors (Lipinski definition) is 3. The normalized spacial score (nSPS) is 23.7. The summed E-state index contributed by atoms with van der Waals surface area (Å²) in [6.07, 6.45) is 6.72. The van der Waals surface area contributed by atoms with Crippen LogP contribution in [0.25, 0.3) is 11.1 Å². The van der Waals surface area contributed by atoms with Gasteiger partial charge in [0.15, 0.2) is 6.23 Å². The Labute approximate surface area is 293 Å². The molecule has 1 atom stereocenters. The summed E-state index contributed by atoms with van der Waals surface area (Å²) in [5.41, 5.74) is 6.33. The van der Waals surface area contributed by atoms with Crippen LogP contribution >= 0.6 is 11.6 Å². The van der Waals surface area contributed by atoms with Gasteiger partial charge in [-0.3, -0.25) is 4.79 Å². The molecule has 4 heterocycles. The molecule has 2 aromatic carbocycles. The minimum atomic E-state index is -1.10. The zero-order chi connectivity index (χ0) is 34.4. The van der Waals surface area contributed by atoms with Gasteiger partial charge < -0.3 is 30.4 Å². The number of aromatic nitrogens is 2. The number of rotatable bonds is 7. The lowest BCUT2D eigenvalue weighted by Gasteiger charge is -2.55. The smallest absolute Gasteiger partial charge is 0.229 e. The van der Waals surface area contributed by atoms with Crippen LogP contribution in [-0.4, -0.2) is 77.4 Å². The van der Waals surface area contributed by atoms with Gasteiger partial charge in [0.2, 0.25) is 11.9 Å². The summed E-state index contributed by atoms with van der Waals surface area (Å²) in [5.74, 6) is 0.563. The quantitative estimate of drug-likeness (QED) is 0.251. The summed E-state index contributed by atoms with van der Waals surface area (Å²) in [6, 6.07) is 11.1. The standard InChI is InChI=1S/C38H47ClFN7O2/c1-5-32(48)42-25-9-12-27(13-10-25)47-35-29(24(3)33(36(47)49)28-7-6-8-30(40)34(28)39)20-41-37(44-35)43-26-11-14-31(23(2)19-26)46-21-38(22-46)15-17-45(4)18-16-38/h6-8,11,14,19-20,25,27,36,49H,5,9-10,12-13,15-18,21-22H2,1-4H3,(H,42,48)(H,41,43,44)/t25-,27+,36?. The number of carbonyl (C=O) groups is 1. The number of benzene rings is 2. The van der Waals surface area contributed by atoms with Crippen molar-refractivity contribution in [3.8, 4) is 0 Å². The molecule has 3 fully saturated rings. The topological polar surface area (TPSA) is 96.9 Å². The lowest BCUT2D eigenvalue weighted by atomic mass is 9.71. The zero-order valence-electron chi connectivity index (χ0n) is 28.9. The first-order valence-electron chi connectivity index (χ1n) is 17.7. The van der Waals surface area contributed by atoms with E-state index in [1.807, 2.05) is 18.7 Å². The van der Waals surface area contributed by atoms with Crippen LogP contribution in [0.15, 0.2) is 42.6 Å². The second-order valence-electron chi connectivity index (χ2n) is 14.6. The molecule has 1 saturated carbocycles. The Kier molecular flexibility index (Phi) is 9.32. The van der Waals surface area contributed by atoms with Crippen molar-refractivity contribution in [2.75, 3.05) is 48.3 Å². The Morgan fingerprint density at radius 2 is 1.82 bits per heavy atom. The van der Waals surface area contributed by atoms with Crippen molar-refractivity contribution in [2.24, 2.45) is 5.41 Å². The molecule has 4 aliphatic rings. The number of allylic oxidation sites excluding steroid dienone is 1. The van der Waals surface area contributed by atoms with Gasteiger partial charge in [-0.15, -0.1) is 0 Å². The molecule has 3 aromatic rings. The molecule has 7 rings (SSSR count). The largest absolute Gasteiger partial charge is 0.370 e. The fraction of sp³-hybridized carbons (Fsp3) is 0.500. The maximum absolute atomic E-state index is 14.7. The number of nitrogens with one attached hydrogen (secondary N) is 2. The van der Waals surface area contributed by atoms with E-state index in [0.717, 1.165) is 55.6 Å². The number of likely N-dealkylation sites (tertiary alicyclic amines) is 1. The van der Waals surface area contributed by atoms with E-state index in [2.05, 4.69) is 52.6 Å². The second kappa shape index (κ2) is 13.5. The summed E-state index contributed by atoms with van der Waals surface area (Å²) in [4.78, 5) is 28.7. The molecule has 3 N–H and O–H groups in total. The highest BCUT2D eigenvalue weighted by molar-refractivity contribution is 6.33. The van der Waals surface area contributed by atoms with Gasteiger partial charge >= 0.3 is 0 Å². The van der Waals surface area contributed by atoms with Gasteiger partial charge in [0.1, 0.15) is 11.6 Å². The fourth-order valence-corrected chi connectivity index (χ4v) is 8.53. The van der Waals surface area contributed by atoms with E-state index in [4.69, 9.17) is 21.6 Å². The van der Waals surface area contributed by atoms with Crippen LogP contribution in [0, 0.1) is 18.2 Å². The van der Waals surface area contributed by atoms with Gasteiger partial charge in [-0.1, -0.05) is 30.7 Å². The van der Waals surface area contributed by atoms with Crippen molar-refractivity contribution in [3.05, 3.63) is 70.1 Å². The predicted molar refractivity (Wildman–Crippen MR) is 195 cm³/mol. The number of hydrogen-bond acceptors (Lipinski definition) is 8. The number of aryl methyl sites for hydroxylation is 1. The van der Waals surface area contributed by atoms with E-state index < -0.39 is 12.0 Å². The molecule has 9 nitrogen and oxygen atoms in total. The molecule has 1 unspecified atom stereocenters. The van der Waals surface area contributed by atoms with Crippen molar-refractivity contribution in [1.82, 2.24) is 20.2 Å². The predicted octanol–water partition coefficient (Wildman–Crippen LogP) is 6.76. The Morgan fingerprint density at radius 3 is 2.51 bits per heavy atom. The van der Waals surface area contributed by atoms with Crippen LogP contribution in [0.3, 0.4) is 0 Å². The van der Waals surface area contributed by atoms with Crippen molar-refractivity contribution in [2.45, 2.75) is 84.0 Å². The molecular formula is C38H47ClFN7O2. The Hall–Kier alpha value is -3.73. The van der Waals surface area contributed by atoms with Crippen molar-refractivity contribution >= 4 is 51.8 Å². The summed E-state index contributed by atoms with van der Waals surface area (Å²) < 4.78 is 14.7. The molecule has 49 heavy (non-hydrogen) atoms. The van der Waals surface area contributed by atoms with Gasteiger partial charge in [0, 0.05) is 71.3 Å². The van der Waals surface area contributed by atoms with Crippen LogP contribution in [0.2, 0.25) is 5.02 Å². The van der Waals surface area contributed by atoms with Gasteiger partial charge in [0.05, 0.1) is 5.02 Å². The lowest BCUT2D eigenvalue weighted by Crippen LogP contribution is -2.60. The molecule has 1 aliphatic carbocycles.